The van der Waals surface area contributed by atoms with Crippen LogP contribution >= 0.6 is 22.9 Å². The number of carbonyl (C=O) groups is 1. The van der Waals surface area contributed by atoms with Gasteiger partial charge in [0.05, 0.1) is 24.2 Å². The Morgan fingerprint density at radius 2 is 2.04 bits per heavy atom. The normalized spacial score (nSPS) is 14.8. The third-order valence-electron chi connectivity index (χ3n) is 4.05. The van der Waals surface area contributed by atoms with Gasteiger partial charge >= 0.3 is 5.97 Å². The number of hydrogen-bond donors (Lipinski definition) is 1. The highest BCUT2D eigenvalue weighted by Gasteiger charge is 2.19. The summed E-state index contributed by atoms with van der Waals surface area (Å²) in [6.07, 6.45) is 0. The molecule has 0 aliphatic carbocycles. The molecule has 3 aromatic rings. The largest absolute Gasteiger partial charge is 0.478 e. The van der Waals surface area contributed by atoms with E-state index in [-0.39, 0.29) is 10.8 Å². The summed E-state index contributed by atoms with van der Waals surface area (Å²) in [6, 6.07) is 8.87. The molecule has 0 radical (unpaired) electrons. The van der Waals surface area contributed by atoms with E-state index in [4.69, 9.17) is 16.3 Å². The lowest BCUT2D eigenvalue weighted by molar-refractivity contribution is 0.0697. The van der Waals surface area contributed by atoms with Gasteiger partial charge in [-0.25, -0.2) is 9.78 Å². The first kappa shape index (κ1) is 16.3. The molecule has 1 N–H and O–H groups in total. The van der Waals surface area contributed by atoms with Crippen molar-refractivity contribution in [3.63, 3.8) is 0 Å². The topological polar surface area (TPSA) is 75.5 Å². The van der Waals surface area contributed by atoms with Crippen LogP contribution < -0.4 is 4.90 Å². The van der Waals surface area contributed by atoms with Crippen LogP contribution in [0.2, 0.25) is 5.28 Å². The molecule has 1 aliphatic heterocycles. The number of benzene rings is 1. The van der Waals surface area contributed by atoms with E-state index in [9.17, 15) is 9.90 Å². The van der Waals surface area contributed by atoms with Crippen LogP contribution in [0, 0.1) is 0 Å². The molecule has 0 spiro atoms. The molecule has 0 unspecified atom stereocenters. The number of aromatic nitrogens is 2. The minimum absolute atomic E-state index is 0.210. The van der Waals surface area contributed by atoms with Gasteiger partial charge in [0.25, 0.3) is 0 Å². The van der Waals surface area contributed by atoms with Gasteiger partial charge in [-0.15, -0.1) is 11.3 Å². The average molecular weight is 376 g/mol. The molecule has 0 bridgehead atoms. The van der Waals surface area contributed by atoms with Gasteiger partial charge in [-0.3, -0.25) is 0 Å². The van der Waals surface area contributed by atoms with Crippen LogP contribution in [0.3, 0.4) is 0 Å². The maximum Gasteiger partial charge on any atom is 0.335 e. The second-order valence-electron chi connectivity index (χ2n) is 5.63. The molecule has 25 heavy (non-hydrogen) atoms. The lowest BCUT2D eigenvalue weighted by Crippen LogP contribution is -2.36. The summed E-state index contributed by atoms with van der Waals surface area (Å²) in [4.78, 5) is 23.8. The molecule has 1 fully saturated rings. The molecule has 128 valence electrons. The number of rotatable bonds is 3. The summed E-state index contributed by atoms with van der Waals surface area (Å²) in [5.41, 5.74) is 1.10. The standard InChI is InChI=1S/C17H14ClN3O3S/c18-17-19-14(21-4-6-24-7-5-21)12-9-13(25-15(12)20-17)10-2-1-3-11(8-10)16(22)23/h1-3,8-9H,4-7H2,(H,22,23). The zero-order chi connectivity index (χ0) is 17.4. The van der Waals surface area contributed by atoms with Crippen molar-refractivity contribution in [2.24, 2.45) is 0 Å². The first-order valence-corrected chi connectivity index (χ1v) is 8.95. The Morgan fingerprint density at radius 3 is 2.80 bits per heavy atom. The molecule has 0 amide bonds. The Morgan fingerprint density at radius 1 is 1.24 bits per heavy atom. The second-order valence-corrected chi connectivity index (χ2v) is 7.00. The molecule has 0 atom stereocenters. The summed E-state index contributed by atoms with van der Waals surface area (Å²) >= 11 is 7.59. The van der Waals surface area contributed by atoms with Gasteiger partial charge in [0.15, 0.2) is 0 Å². The lowest BCUT2D eigenvalue weighted by atomic mass is 10.1. The van der Waals surface area contributed by atoms with E-state index in [1.807, 2.05) is 12.1 Å². The van der Waals surface area contributed by atoms with Crippen LogP contribution in [0.1, 0.15) is 10.4 Å². The Balaban J connectivity index is 1.82. The van der Waals surface area contributed by atoms with Crippen molar-refractivity contribution in [1.29, 1.82) is 0 Å². The van der Waals surface area contributed by atoms with Crippen molar-refractivity contribution in [2.75, 3.05) is 31.2 Å². The first-order chi connectivity index (χ1) is 12.1. The summed E-state index contributed by atoms with van der Waals surface area (Å²) in [5.74, 6) is -0.144. The fourth-order valence-electron chi connectivity index (χ4n) is 2.85. The highest BCUT2D eigenvalue weighted by Crippen LogP contribution is 2.37. The third kappa shape index (κ3) is 3.18. The molecule has 3 heterocycles. The van der Waals surface area contributed by atoms with Crippen LogP contribution in [-0.4, -0.2) is 47.3 Å². The summed E-state index contributed by atoms with van der Waals surface area (Å²) in [6.45, 7) is 2.81. The number of hydrogen-bond acceptors (Lipinski definition) is 6. The van der Waals surface area contributed by atoms with Gasteiger partial charge in [0.2, 0.25) is 5.28 Å². The number of aromatic carboxylic acids is 1. The highest BCUT2D eigenvalue weighted by atomic mass is 35.5. The Bertz CT molecular complexity index is 953. The number of anilines is 1. The number of nitrogens with zero attached hydrogens (tertiary/aromatic N) is 3. The molecule has 2 aromatic heterocycles. The van der Waals surface area contributed by atoms with Gasteiger partial charge in [-0.2, -0.15) is 4.98 Å². The number of carboxylic acid groups (broad SMARTS) is 1. The first-order valence-electron chi connectivity index (χ1n) is 7.75. The van der Waals surface area contributed by atoms with Crippen molar-refractivity contribution in [3.8, 4) is 10.4 Å². The average Bonchev–Trinajstić information content (AvgIpc) is 3.05. The van der Waals surface area contributed by atoms with Gasteiger partial charge < -0.3 is 14.7 Å². The number of morpholine rings is 1. The van der Waals surface area contributed by atoms with E-state index in [1.165, 1.54) is 11.3 Å². The van der Waals surface area contributed by atoms with Crippen LogP contribution in [0.5, 0.6) is 0 Å². The molecule has 4 rings (SSSR count). The Kier molecular flexibility index (Phi) is 4.29. The monoisotopic (exact) mass is 375 g/mol. The minimum Gasteiger partial charge on any atom is -0.478 e. The fourth-order valence-corrected chi connectivity index (χ4v) is 4.08. The molecule has 1 aromatic carbocycles. The second kappa shape index (κ2) is 6.59. The highest BCUT2D eigenvalue weighted by molar-refractivity contribution is 7.22. The van der Waals surface area contributed by atoms with Gasteiger partial charge in [-0.1, -0.05) is 12.1 Å². The maximum absolute atomic E-state index is 11.2. The van der Waals surface area contributed by atoms with Gasteiger partial charge in [0, 0.05) is 18.0 Å². The molecular formula is C17H14ClN3O3S. The van der Waals surface area contributed by atoms with Crippen LogP contribution in [0.15, 0.2) is 30.3 Å². The van der Waals surface area contributed by atoms with E-state index >= 15 is 0 Å². The quantitative estimate of drug-likeness (QED) is 0.705. The molecule has 0 saturated carbocycles. The van der Waals surface area contributed by atoms with E-state index < -0.39 is 5.97 Å². The lowest BCUT2D eigenvalue weighted by Gasteiger charge is -2.28. The molecule has 1 aliphatic rings. The number of halogens is 1. The fraction of sp³-hybridized carbons (Fsp3) is 0.235. The smallest absolute Gasteiger partial charge is 0.335 e. The molecule has 1 saturated heterocycles. The predicted molar refractivity (Wildman–Crippen MR) is 97.9 cm³/mol. The van der Waals surface area contributed by atoms with Gasteiger partial charge in [-0.05, 0) is 35.4 Å². The summed E-state index contributed by atoms with van der Waals surface area (Å²) < 4.78 is 5.40. The van der Waals surface area contributed by atoms with E-state index in [0.717, 1.165) is 39.6 Å². The molecule has 6 nitrogen and oxygen atoms in total. The minimum atomic E-state index is -0.945. The Labute approximate surface area is 152 Å². The van der Waals surface area contributed by atoms with Crippen LogP contribution in [0.4, 0.5) is 5.82 Å². The van der Waals surface area contributed by atoms with Crippen LogP contribution in [-0.2, 0) is 4.74 Å². The van der Waals surface area contributed by atoms with Crippen molar-refractivity contribution >= 4 is 44.9 Å². The number of carboxylic acids is 1. The van der Waals surface area contributed by atoms with Gasteiger partial charge in [0.1, 0.15) is 10.6 Å². The summed E-state index contributed by atoms with van der Waals surface area (Å²) in [7, 11) is 0. The van der Waals surface area contributed by atoms with Crippen molar-refractivity contribution < 1.29 is 14.6 Å². The summed E-state index contributed by atoms with van der Waals surface area (Å²) in [5, 5.41) is 10.3. The maximum atomic E-state index is 11.2. The third-order valence-corrected chi connectivity index (χ3v) is 5.30. The zero-order valence-corrected chi connectivity index (χ0v) is 14.7. The van der Waals surface area contributed by atoms with E-state index in [0.29, 0.717) is 13.2 Å². The van der Waals surface area contributed by atoms with Crippen molar-refractivity contribution in [1.82, 2.24) is 9.97 Å². The predicted octanol–water partition coefficient (Wildman–Crippen LogP) is 3.55. The zero-order valence-electron chi connectivity index (χ0n) is 13.1. The van der Waals surface area contributed by atoms with Crippen molar-refractivity contribution in [3.05, 3.63) is 41.2 Å². The number of thiophene rings is 1. The molecule has 8 heteroatoms. The number of fused-ring (bicyclic) bond motifs is 1. The Hall–Kier alpha value is -2.22. The van der Waals surface area contributed by atoms with E-state index in [2.05, 4.69) is 14.9 Å². The number of ether oxygens (including phenoxy) is 1. The van der Waals surface area contributed by atoms with Crippen molar-refractivity contribution in [2.45, 2.75) is 0 Å². The molecular weight excluding hydrogens is 362 g/mol. The van der Waals surface area contributed by atoms with E-state index in [1.54, 1.807) is 18.2 Å². The van der Waals surface area contributed by atoms with Crippen LogP contribution in [0.25, 0.3) is 20.7 Å². The SMILES string of the molecule is O=C(O)c1cccc(-c2cc3c(N4CCOCC4)nc(Cl)nc3s2)c1.